The van der Waals surface area contributed by atoms with Crippen LogP contribution < -0.4 is 9.47 Å². The summed E-state index contributed by atoms with van der Waals surface area (Å²) in [5.74, 6) is -0.412. The maximum atomic E-state index is 9.18. The summed E-state index contributed by atoms with van der Waals surface area (Å²) in [5, 5.41) is 25.6. The van der Waals surface area contributed by atoms with Gasteiger partial charge in [-0.3, -0.25) is 0 Å². The van der Waals surface area contributed by atoms with Crippen molar-refractivity contribution in [3.05, 3.63) is 18.2 Å². The van der Waals surface area contributed by atoms with Crippen molar-refractivity contribution in [2.45, 2.75) is 0 Å². The number of phenols is 1. The quantitative estimate of drug-likeness (QED) is 0.682. The lowest BCUT2D eigenvalue weighted by atomic mass is 10.3. The van der Waals surface area contributed by atoms with Gasteiger partial charge in [0.05, 0.1) is 0 Å². The van der Waals surface area contributed by atoms with Crippen LogP contribution in [0.15, 0.2) is 18.2 Å². The lowest BCUT2D eigenvalue weighted by Crippen LogP contribution is -1.89. The predicted octanol–water partition coefficient (Wildman–Crippen LogP) is 1.11. The Hall–Kier alpha value is -2.40. The third-order valence-electron chi connectivity index (χ3n) is 1.26. The second-order valence-corrected chi connectivity index (χ2v) is 1.99. The largest absolute Gasteiger partial charge is 0.504 e. The molecule has 5 heteroatoms. The Morgan fingerprint density at radius 2 is 1.85 bits per heavy atom. The first-order chi connectivity index (χ1) is 6.29. The third kappa shape index (κ3) is 1.79. The molecule has 1 aromatic rings. The molecule has 0 bridgehead atoms. The van der Waals surface area contributed by atoms with Crippen molar-refractivity contribution in [1.29, 1.82) is 10.5 Å². The lowest BCUT2D eigenvalue weighted by molar-refractivity contribution is 0.395. The Morgan fingerprint density at radius 1 is 1.15 bits per heavy atom. The van der Waals surface area contributed by atoms with Crippen molar-refractivity contribution in [3.63, 3.8) is 0 Å². The highest BCUT2D eigenvalue weighted by atomic mass is 16.5. The number of aromatic hydroxyl groups is 1. The molecular weight excluding hydrogens is 172 g/mol. The molecule has 1 rings (SSSR count). The molecule has 0 atom stereocenters. The van der Waals surface area contributed by atoms with Crippen molar-refractivity contribution in [3.8, 4) is 29.8 Å². The van der Waals surface area contributed by atoms with Crippen molar-refractivity contribution < 1.29 is 14.6 Å². The molecule has 0 aliphatic carbocycles. The molecule has 0 saturated carbocycles. The molecule has 0 spiro atoms. The Morgan fingerprint density at radius 3 is 2.46 bits per heavy atom. The van der Waals surface area contributed by atoms with Gasteiger partial charge >= 0.3 is 0 Å². The SMILES string of the molecule is N#COc1cccc(O)c1OC#N. The molecule has 0 amide bonds. The van der Waals surface area contributed by atoms with E-state index in [1.54, 1.807) is 0 Å². The fraction of sp³-hybridized carbons (Fsp3) is 0. The number of hydrogen-bond donors (Lipinski definition) is 1. The van der Waals surface area contributed by atoms with E-state index < -0.39 is 0 Å². The van der Waals surface area contributed by atoms with E-state index in [9.17, 15) is 5.11 Å². The molecule has 1 N–H and O–H groups in total. The van der Waals surface area contributed by atoms with Gasteiger partial charge in [0.2, 0.25) is 5.75 Å². The number of benzene rings is 1. The van der Waals surface area contributed by atoms with Gasteiger partial charge in [0.15, 0.2) is 11.5 Å². The molecule has 0 aliphatic rings. The zero-order valence-corrected chi connectivity index (χ0v) is 6.39. The standard InChI is InChI=1S/C8H4N2O3/c9-4-12-7-3-1-2-6(11)8(7)13-5-10/h1-3,11H. The Bertz CT molecular complexity index is 389. The van der Waals surface area contributed by atoms with Gasteiger partial charge in [0.25, 0.3) is 12.5 Å². The number of nitriles is 2. The van der Waals surface area contributed by atoms with Gasteiger partial charge in [-0.05, 0) is 12.1 Å². The normalized spacial score (nSPS) is 8.15. The first kappa shape index (κ1) is 8.69. The number of rotatable bonds is 2. The zero-order valence-electron chi connectivity index (χ0n) is 6.39. The molecule has 5 nitrogen and oxygen atoms in total. The van der Waals surface area contributed by atoms with Crippen molar-refractivity contribution in [1.82, 2.24) is 0 Å². The number of hydrogen-bond acceptors (Lipinski definition) is 5. The van der Waals surface area contributed by atoms with E-state index >= 15 is 0 Å². The Balaban J connectivity index is 3.12. The smallest absolute Gasteiger partial charge is 0.292 e. The summed E-state index contributed by atoms with van der Waals surface area (Å²) in [6.07, 6.45) is 2.78. The van der Waals surface area contributed by atoms with Crippen LogP contribution in [0.1, 0.15) is 0 Å². The van der Waals surface area contributed by atoms with Gasteiger partial charge in [0.1, 0.15) is 0 Å². The van der Waals surface area contributed by atoms with Gasteiger partial charge in [-0.1, -0.05) is 6.07 Å². The highest BCUT2D eigenvalue weighted by Gasteiger charge is 2.10. The highest BCUT2D eigenvalue weighted by molar-refractivity contribution is 5.51. The number of phenolic OH excluding ortho intramolecular Hbond substituents is 1. The summed E-state index contributed by atoms with van der Waals surface area (Å²) in [5.41, 5.74) is 0. The third-order valence-corrected chi connectivity index (χ3v) is 1.26. The summed E-state index contributed by atoms with van der Waals surface area (Å²) >= 11 is 0. The fourth-order valence-electron chi connectivity index (χ4n) is 0.782. The maximum Gasteiger partial charge on any atom is 0.292 e. The van der Waals surface area contributed by atoms with Gasteiger partial charge in [-0.25, -0.2) is 0 Å². The minimum Gasteiger partial charge on any atom is -0.504 e. The molecular formula is C8H4N2O3. The van der Waals surface area contributed by atoms with Crippen LogP contribution in [0, 0.1) is 23.0 Å². The van der Waals surface area contributed by atoms with Crippen molar-refractivity contribution in [2.24, 2.45) is 0 Å². The average Bonchev–Trinajstić information content (AvgIpc) is 2.11. The Kier molecular flexibility index (Phi) is 2.57. The van der Waals surface area contributed by atoms with Gasteiger partial charge in [-0.15, -0.1) is 10.5 Å². The van der Waals surface area contributed by atoms with Gasteiger partial charge in [0, 0.05) is 0 Å². The lowest BCUT2D eigenvalue weighted by Gasteiger charge is -2.03. The first-order valence-electron chi connectivity index (χ1n) is 3.23. The molecule has 0 fully saturated rings. The summed E-state index contributed by atoms with van der Waals surface area (Å²) in [6, 6.07) is 4.18. The van der Waals surface area contributed by atoms with Crippen LogP contribution in [-0.4, -0.2) is 5.11 Å². The molecule has 0 heterocycles. The number of ether oxygens (including phenoxy) is 2. The zero-order chi connectivity index (χ0) is 9.68. The molecule has 64 valence electrons. The van der Waals surface area contributed by atoms with Crippen LogP contribution in [0.5, 0.6) is 17.2 Å². The topological polar surface area (TPSA) is 86.3 Å². The van der Waals surface area contributed by atoms with Crippen LogP contribution in [0.4, 0.5) is 0 Å². The summed E-state index contributed by atoms with van der Waals surface area (Å²) in [7, 11) is 0. The average molecular weight is 176 g/mol. The van der Waals surface area contributed by atoms with Crippen LogP contribution in [0.3, 0.4) is 0 Å². The van der Waals surface area contributed by atoms with Gasteiger partial charge < -0.3 is 14.6 Å². The van der Waals surface area contributed by atoms with Crippen LogP contribution >= 0.6 is 0 Å². The fourth-order valence-corrected chi connectivity index (χ4v) is 0.782. The first-order valence-corrected chi connectivity index (χ1v) is 3.23. The monoisotopic (exact) mass is 176 g/mol. The van der Waals surface area contributed by atoms with E-state index in [0.29, 0.717) is 0 Å². The van der Waals surface area contributed by atoms with Crippen molar-refractivity contribution in [2.75, 3.05) is 0 Å². The molecule has 0 aliphatic heterocycles. The number of nitrogens with zero attached hydrogens (tertiary/aromatic N) is 2. The Labute approximate surface area is 74.0 Å². The van der Waals surface area contributed by atoms with E-state index in [4.69, 9.17) is 10.5 Å². The number of para-hydroxylation sites is 1. The molecule has 13 heavy (non-hydrogen) atoms. The summed E-state index contributed by atoms with van der Waals surface area (Å²) < 4.78 is 8.84. The molecule has 0 saturated heterocycles. The van der Waals surface area contributed by atoms with Crippen LogP contribution in [0.2, 0.25) is 0 Å². The highest BCUT2D eigenvalue weighted by Crippen LogP contribution is 2.35. The second-order valence-electron chi connectivity index (χ2n) is 1.99. The summed E-state index contributed by atoms with van der Waals surface area (Å²) in [6.45, 7) is 0. The van der Waals surface area contributed by atoms with Crippen LogP contribution in [0.25, 0.3) is 0 Å². The van der Waals surface area contributed by atoms with Crippen molar-refractivity contribution >= 4 is 0 Å². The van der Waals surface area contributed by atoms with Gasteiger partial charge in [-0.2, -0.15) is 0 Å². The second kappa shape index (κ2) is 3.84. The predicted molar refractivity (Wildman–Crippen MR) is 40.6 cm³/mol. The van der Waals surface area contributed by atoms with E-state index in [-0.39, 0.29) is 17.2 Å². The maximum absolute atomic E-state index is 9.18. The summed E-state index contributed by atoms with van der Waals surface area (Å²) in [4.78, 5) is 0. The molecule has 0 aromatic heterocycles. The molecule has 0 radical (unpaired) electrons. The molecule has 0 unspecified atom stereocenters. The minimum absolute atomic E-state index is 0.00375. The van der Waals surface area contributed by atoms with E-state index in [1.165, 1.54) is 30.7 Å². The van der Waals surface area contributed by atoms with E-state index in [2.05, 4.69) is 9.47 Å². The molecule has 1 aromatic carbocycles. The van der Waals surface area contributed by atoms with Crippen LogP contribution in [-0.2, 0) is 0 Å². The van der Waals surface area contributed by atoms with E-state index in [0.717, 1.165) is 0 Å². The van der Waals surface area contributed by atoms with E-state index in [1.807, 2.05) is 0 Å². The minimum atomic E-state index is -0.255.